The first kappa shape index (κ1) is 13.1. The van der Waals surface area contributed by atoms with E-state index in [9.17, 15) is 14.5 Å². The van der Waals surface area contributed by atoms with Crippen molar-refractivity contribution in [3.8, 4) is 11.6 Å². The summed E-state index contributed by atoms with van der Waals surface area (Å²) in [5.41, 5.74) is 4.82. The maximum absolute atomic E-state index is 13.5. The van der Waals surface area contributed by atoms with E-state index in [1.807, 2.05) is 0 Å². The molecule has 7 nitrogen and oxygen atoms in total. The molecule has 2 aromatic rings. The first-order valence-electron chi connectivity index (χ1n) is 4.87. The lowest BCUT2D eigenvalue weighted by atomic mass is 10.3. The van der Waals surface area contributed by atoms with Crippen molar-refractivity contribution >= 4 is 27.6 Å². The smallest absolute Gasteiger partial charge is 0.349 e. The second kappa shape index (κ2) is 5.14. The van der Waals surface area contributed by atoms with Gasteiger partial charge in [-0.1, -0.05) is 15.9 Å². The van der Waals surface area contributed by atoms with E-state index in [-0.39, 0.29) is 11.7 Å². The van der Waals surface area contributed by atoms with Gasteiger partial charge in [0.15, 0.2) is 11.6 Å². The van der Waals surface area contributed by atoms with Crippen molar-refractivity contribution in [2.75, 3.05) is 5.73 Å². The fourth-order valence-electron chi connectivity index (χ4n) is 1.23. The normalized spacial score (nSPS) is 10.2. The van der Waals surface area contributed by atoms with Crippen LogP contribution < -0.4 is 10.5 Å². The molecule has 0 aliphatic carbocycles. The first-order valence-corrected chi connectivity index (χ1v) is 5.66. The highest BCUT2D eigenvalue weighted by Gasteiger charge is 2.20. The predicted molar refractivity (Wildman–Crippen MR) is 67.3 cm³/mol. The van der Waals surface area contributed by atoms with Gasteiger partial charge in [0.25, 0.3) is 0 Å². The topological polar surface area (TPSA) is 104 Å². The third-order valence-electron chi connectivity index (χ3n) is 2.05. The zero-order valence-corrected chi connectivity index (χ0v) is 10.8. The molecule has 1 aromatic heterocycles. The Morgan fingerprint density at radius 1 is 1.47 bits per heavy atom. The average molecular weight is 329 g/mol. The van der Waals surface area contributed by atoms with Gasteiger partial charge in [-0.25, -0.2) is 9.37 Å². The van der Waals surface area contributed by atoms with Gasteiger partial charge in [0.1, 0.15) is 6.20 Å². The van der Waals surface area contributed by atoms with Crippen LogP contribution >= 0.6 is 15.9 Å². The van der Waals surface area contributed by atoms with Crippen LogP contribution in [0.25, 0.3) is 0 Å². The van der Waals surface area contributed by atoms with Gasteiger partial charge in [-0.3, -0.25) is 10.1 Å². The van der Waals surface area contributed by atoms with Gasteiger partial charge in [-0.05, 0) is 18.2 Å². The summed E-state index contributed by atoms with van der Waals surface area (Å²) in [5.74, 6) is -1.53. The van der Waals surface area contributed by atoms with Crippen molar-refractivity contribution in [3.05, 3.63) is 44.8 Å². The number of aromatic nitrogens is 2. The Balaban J connectivity index is 2.45. The number of ether oxygens (including phenoxy) is 1. The molecule has 0 spiro atoms. The third-order valence-corrected chi connectivity index (χ3v) is 2.54. The minimum Gasteiger partial charge on any atom is -0.430 e. The molecule has 1 heterocycles. The Hall–Kier alpha value is -2.29. The number of nitro groups is 1. The molecule has 0 aliphatic rings. The number of nitrogens with zero attached hydrogens (tertiary/aromatic N) is 3. The Kier molecular flexibility index (Phi) is 3.56. The zero-order chi connectivity index (χ0) is 14.0. The summed E-state index contributed by atoms with van der Waals surface area (Å²) in [6, 6.07) is 3.93. The number of rotatable bonds is 3. The van der Waals surface area contributed by atoms with Gasteiger partial charge >= 0.3 is 11.6 Å². The van der Waals surface area contributed by atoms with Crippen molar-refractivity contribution in [1.29, 1.82) is 0 Å². The molecule has 0 unspecified atom stereocenters. The highest BCUT2D eigenvalue weighted by molar-refractivity contribution is 9.10. The molecule has 0 saturated carbocycles. The number of anilines is 1. The summed E-state index contributed by atoms with van der Waals surface area (Å²) in [4.78, 5) is 17.1. The molecule has 0 saturated heterocycles. The summed E-state index contributed by atoms with van der Waals surface area (Å²) < 4.78 is 19.1. The Bertz CT molecular complexity index is 653. The summed E-state index contributed by atoms with van der Waals surface area (Å²) in [7, 11) is 0. The summed E-state index contributed by atoms with van der Waals surface area (Å²) in [5, 5.41) is 10.8. The minimum atomic E-state index is -0.745. The predicted octanol–water partition coefficient (Wildman–Crippen LogP) is 2.66. The lowest BCUT2D eigenvalue weighted by Gasteiger charge is -2.06. The van der Waals surface area contributed by atoms with Crippen molar-refractivity contribution in [1.82, 2.24) is 9.97 Å². The van der Waals surface area contributed by atoms with Gasteiger partial charge in [-0.15, -0.1) is 0 Å². The standard InChI is InChI=1S/C10H6BrFN4O3/c11-5-1-2-6(12)8(3-5)19-9-7(16(17)18)4-14-10(13)15-9/h1-4H,(H2,13,14,15). The molecular formula is C10H6BrFN4O3. The summed E-state index contributed by atoms with van der Waals surface area (Å²) in [6.45, 7) is 0. The molecule has 0 bridgehead atoms. The maximum Gasteiger partial charge on any atom is 0.349 e. The summed E-state index contributed by atoms with van der Waals surface area (Å²) in [6.07, 6.45) is 0.896. The third kappa shape index (κ3) is 2.94. The number of nitrogens with two attached hydrogens (primary N) is 1. The second-order valence-corrected chi connectivity index (χ2v) is 4.27. The highest BCUT2D eigenvalue weighted by atomic mass is 79.9. The molecule has 0 fully saturated rings. The van der Waals surface area contributed by atoms with E-state index in [2.05, 4.69) is 25.9 Å². The molecule has 0 amide bonds. The van der Waals surface area contributed by atoms with Crippen LogP contribution in [0.3, 0.4) is 0 Å². The van der Waals surface area contributed by atoms with Crippen LogP contribution in [0, 0.1) is 15.9 Å². The minimum absolute atomic E-state index is 0.212. The highest BCUT2D eigenvalue weighted by Crippen LogP contribution is 2.31. The summed E-state index contributed by atoms with van der Waals surface area (Å²) >= 11 is 3.13. The molecular weight excluding hydrogens is 323 g/mol. The van der Waals surface area contributed by atoms with E-state index < -0.39 is 22.3 Å². The second-order valence-electron chi connectivity index (χ2n) is 3.35. The van der Waals surface area contributed by atoms with E-state index >= 15 is 0 Å². The molecule has 2 N–H and O–H groups in total. The molecule has 0 aliphatic heterocycles. The molecule has 9 heteroatoms. The van der Waals surface area contributed by atoms with Crippen molar-refractivity contribution in [2.24, 2.45) is 0 Å². The molecule has 2 rings (SSSR count). The number of halogens is 2. The quantitative estimate of drug-likeness (QED) is 0.686. The number of hydrogen-bond acceptors (Lipinski definition) is 6. The SMILES string of the molecule is Nc1ncc([N+](=O)[O-])c(Oc2cc(Br)ccc2F)n1. The Morgan fingerprint density at radius 3 is 2.89 bits per heavy atom. The van der Waals surface area contributed by atoms with Crippen molar-refractivity contribution in [3.63, 3.8) is 0 Å². The van der Waals surface area contributed by atoms with Crippen LogP contribution in [-0.4, -0.2) is 14.9 Å². The van der Waals surface area contributed by atoms with E-state index in [4.69, 9.17) is 10.5 Å². The first-order chi connectivity index (χ1) is 8.97. The monoisotopic (exact) mass is 328 g/mol. The lowest BCUT2D eigenvalue weighted by Crippen LogP contribution is -2.02. The Morgan fingerprint density at radius 2 is 2.21 bits per heavy atom. The van der Waals surface area contributed by atoms with E-state index in [1.54, 1.807) is 0 Å². The van der Waals surface area contributed by atoms with Gasteiger partial charge in [-0.2, -0.15) is 4.98 Å². The van der Waals surface area contributed by atoms with Crippen LogP contribution in [0.1, 0.15) is 0 Å². The van der Waals surface area contributed by atoms with Crippen LogP contribution in [-0.2, 0) is 0 Å². The molecule has 0 atom stereocenters. The maximum atomic E-state index is 13.5. The number of hydrogen-bond donors (Lipinski definition) is 1. The van der Waals surface area contributed by atoms with Gasteiger partial charge < -0.3 is 10.5 Å². The van der Waals surface area contributed by atoms with Crippen LogP contribution in [0.5, 0.6) is 11.6 Å². The van der Waals surface area contributed by atoms with Gasteiger partial charge in [0, 0.05) is 4.47 Å². The number of benzene rings is 1. The van der Waals surface area contributed by atoms with E-state index in [0.717, 1.165) is 12.3 Å². The largest absolute Gasteiger partial charge is 0.430 e. The van der Waals surface area contributed by atoms with Gasteiger partial charge in [0.05, 0.1) is 4.92 Å². The fraction of sp³-hybridized carbons (Fsp3) is 0. The Labute approximate surface area is 114 Å². The molecule has 19 heavy (non-hydrogen) atoms. The molecule has 1 aromatic carbocycles. The average Bonchev–Trinajstić information content (AvgIpc) is 2.33. The fourth-order valence-corrected chi connectivity index (χ4v) is 1.57. The number of nitrogen functional groups attached to an aromatic ring is 1. The van der Waals surface area contributed by atoms with Crippen LogP contribution in [0.2, 0.25) is 0 Å². The van der Waals surface area contributed by atoms with Crippen molar-refractivity contribution < 1.29 is 14.1 Å². The van der Waals surface area contributed by atoms with Crippen LogP contribution in [0.15, 0.2) is 28.9 Å². The molecule has 0 radical (unpaired) electrons. The van der Waals surface area contributed by atoms with E-state index in [1.165, 1.54) is 12.1 Å². The van der Waals surface area contributed by atoms with Gasteiger partial charge in [0.2, 0.25) is 5.95 Å². The zero-order valence-electron chi connectivity index (χ0n) is 9.21. The van der Waals surface area contributed by atoms with Crippen LogP contribution in [0.4, 0.5) is 16.0 Å². The lowest BCUT2D eigenvalue weighted by molar-refractivity contribution is -0.386. The molecule has 98 valence electrons. The van der Waals surface area contributed by atoms with Crippen molar-refractivity contribution in [2.45, 2.75) is 0 Å². The van der Waals surface area contributed by atoms with E-state index in [0.29, 0.717) is 4.47 Å².